The molecule has 1 heterocycles. The zero-order valence-electron chi connectivity index (χ0n) is 12.3. The summed E-state index contributed by atoms with van der Waals surface area (Å²) in [5.74, 6) is 4.32. The van der Waals surface area contributed by atoms with Crippen LogP contribution in [0.5, 0.6) is 0 Å². The smallest absolute Gasteiger partial charge is 0.0914 e. The number of benzene rings is 1. The highest BCUT2D eigenvalue weighted by molar-refractivity contribution is 8.06. The largest absolute Gasteiger partial charge is 0.387 e. The minimum absolute atomic E-state index is 0.405. The predicted octanol–water partition coefficient (Wildman–Crippen LogP) is 3.28. The van der Waals surface area contributed by atoms with Gasteiger partial charge in [-0.25, -0.2) is 0 Å². The van der Waals surface area contributed by atoms with E-state index in [1.807, 2.05) is 23.9 Å². The summed E-state index contributed by atoms with van der Waals surface area (Å²) in [6, 6.07) is 8.34. The van der Waals surface area contributed by atoms with Gasteiger partial charge < -0.3 is 10.4 Å². The minimum Gasteiger partial charge on any atom is -0.387 e. The summed E-state index contributed by atoms with van der Waals surface area (Å²) in [5.41, 5.74) is 2.33. The van der Waals surface area contributed by atoms with Crippen LogP contribution < -0.4 is 5.32 Å². The SMILES string of the molecule is CC(C)c1ccc(C(O)CNCC2CSCCS2)cc1. The predicted molar refractivity (Wildman–Crippen MR) is 91.9 cm³/mol. The quantitative estimate of drug-likeness (QED) is 0.844. The number of hydrogen-bond acceptors (Lipinski definition) is 4. The van der Waals surface area contributed by atoms with Gasteiger partial charge in [-0.2, -0.15) is 23.5 Å². The maximum Gasteiger partial charge on any atom is 0.0914 e. The fourth-order valence-corrected chi connectivity index (χ4v) is 4.90. The molecule has 1 saturated heterocycles. The van der Waals surface area contributed by atoms with Crippen LogP contribution >= 0.6 is 23.5 Å². The molecule has 2 nitrogen and oxygen atoms in total. The first-order chi connectivity index (χ1) is 9.66. The molecule has 0 spiro atoms. The molecule has 2 rings (SSSR count). The Morgan fingerprint density at radius 3 is 2.50 bits per heavy atom. The van der Waals surface area contributed by atoms with E-state index in [4.69, 9.17) is 0 Å². The van der Waals surface area contributed by atoms with E-state index in [-0.39, 0.29) is 0 Å². The van der Waals surface area contributed by atoms with Crippen molar-refractivity contribution in [1.82, 2.24) is 5.32 Å². The molecule has 0 radical (unpaired) electrons. The van der Waals surface area contributed by atoms with Crippen LogP contribution in [0.4, 0.5) is 0 Å². The van der Waals surface area contributed by atoms with Crippen molar-refractivity contribution in [3.63, 3.8) is 0 Å². The second kappa shape index (κ2) is 8.32. The Labute approximate surface area is 131 Å². The Morgan fingerprint density at radius 1 is 1.20 bits per heavy atom. The lowest BCUT2D eigenvalue weighted by molar-refractivity contribution is 0.175. The number of aliphatic hydroxyl groups excluding tert-OH is 1. The van der Waals surface area contributed by atoms with Gasteiger partial charge in [-0.05, 0) is 17.0 Å². The molecule has 2 atom stereocenters. The summed E-state index contributed by atoms with van der Waals surface area (Å²) in [4.78, 5) is 0. The topological polar surface area (TPSA) is 32.3 Å². The third-order valence-corrected chi connectivity index (χ3v) is 6.43. The van der Waals surface area contributed by atoms with Gasteiger partial charge >= 0.3 is 0 Å². The lowest BCUT2D eigenvalue weighted by atomic mass is 10.00. The molecular formula is C16H25NOS2. The van der Waals surface area contributed by atoms with Gasteiger partial charge in [0.2, 0.25) is 0 Å². The number of rotatable bonds is 6. The molecule has 0 aromatic heterocycles. The van der Waals surface area contributed by atoms with Gasteiger partial charge in [-0.1, -0.05) is 38.1 Å². The highest BCUT2D eigenvalue weighted by Crippen LogP contribution is 2.23. The van der Waals surface area contributed by atoms with Crippen molar-refractivity contribution in [3.8, 4) is 0 Å². The third-order valence-electron chi connectivity index (χ3n) is 3.58. The third kappa shape index (κ3) is 4.99. The Bertz CT molecular complexity index is 388. The molecule has 1 aromatic rings. The molecule has 20 heavy (non-hydrogen) atoms. The normalized spacial score (nSPS) is 21.1. The van der Waals surface area contributed by atoms with Crippen LogP contribution in [0, 0.1) is 0 Å². The number of nitrogens with one attached hydrogen (secondary N) is 1. The van der Waals surface area contributed by atoms with E-state index in [1.54, 1.807) is 0 Å². The number of thioether (sulfide) groups is 2. The molecule has 1 aliphatic rings. The van der Waals surface area contributed by atoms with E-state index in [1.165, 1.54) is 22.8 Å². The van der Waals surface area contributed by atoms with Crippen LogP contribution in [-0.2, 0) is 0 Å². The van der Waals surface area contributed by atoms with Crippen LogP contribution in [-0.4, -0.2) is 40.7 Å². The molecular weight excluding hydrogens is 286 g/mol. The average molecular weight is 312 g/mol. The fourth-order valence-electron chi connectivity index (χ4n) is 2.26. The number of hydrogen-bond donors (Lipinski definition) is 2. The highest BCUT2D eigenvalue weighted by Gasteiger charge is 2.14. The standard InChI is InChI=1S/C16H25NOS2/c1-12(2)13-3-5-14(6-4-13)16(18)10-17-9-15-11-19-7-8-20-15/h3-6,12,15-18H,7-11H2,1-2H3. The Kier molecular flexibility index (Phi) is 6.75. The van der Waals surface area contributed by atoms with Crippen molar-refractivity contribution in [2.45, 2.75) is 31.1 Å². The molecule has 4 heteroatoms. The molecule has 1 aromatic carbocycles. The Morgan fingerprint density at radius 2 is 1.90 bits per heavy atom. The maximum absolute atomic E-state index is 10.2. The van der Waals surface area contributed by atoms with E-state index < -0.39 is 6.10 Å². The number of aliphatic hydroxyl groups is 1. The van der Waals surface area contributed by atoms with Gasteiger partial charge in [-0.15, -0.1) is 0 Å². The van der Waals surface area contributed by atoms with Crippen molar-refractivity contribution >= 4 is 23.5 Å². The van der Waals surface area contributed by atoms with E-state index in [0.29, 0.717) is 17.7 Å². The van der Waals surface area contributed by atoms with E-state index in [2.05, 4.69) is 43.1 Å². The van der Waals surface area contributed by atoms with Crippen LogP contribution in [0.25, 0.3) is 0 Å². The minimum atomic E-state index is -0.405. The molecule has 0 saturated carbocycles. The second-order valence-electron chi connectivity index (χ2n) is 5.56. The van der Waals surface area contributed by atoms with Crippen LogP contribution in [0.2, 0.25) is 0 Å². The summed E-state index contributed by atoms with van der Waals surface area (Å²) >= 11 is 4.09. The average Bonchev–Trinajstić information content (AvgIpc) is 2.48. The van der Waals surface area contributed by atoms with Gasteiger partial charge in [0.25, 0.3) is 0 Å². The first kappa shape index (κ1) is 16.2. The van der Waals surface area contributed by atoms with Crippen molar-refractivity contribution in [1.29, 1.82) is 0 Å². The maximum atomic E-state index is 10.2. The van der Waals surface area contributed by atoms with Crippen LogP contribution in [0.15, 0.2) is 24.3 Å². The summed E-state index contributed by atoms with van der Waals surface area (Å²) < 4.78 is 0. The summed E-state index contributed by atoms with van der Waals surface area (Å²) in [6.07, 6.45) is -0.405. The molecule has 1 aliphatic heterocycles. The van der Waals surface area contributed by atoms with Gasteiger partial charge in [-0.3, -0.25) is 0 Å². The fraction of sp³-hybridized carbons (Fsp3) is 0.625. The second-order valence-corrected chi connectivity index (χ2v) is 8.12. The molecule has 2 N–H and O–H groups in total. The van der Waals surface area contributed by atoms with E-state index in [9.17, 15) is 5.11 Å². The van der Waals surface area contributed by atoms with Crippen molar-refractivity contribution < 1.29 is 5.11 Å². The lowest BCUT2D eigenvalue weighted by Gasteiger charge is -2.22. The molecule has 1 fully saturated rings. The summed E-state index contributed by atoms with van der Waals surface area (Å²) in [5, 5.41) is 14.3. The zero-order chi connectivity index (χ0) is 14.4. The summed E-state index contributed by atoms with van der Waals surface area (Å²) in [7, 11) is 0. The first-order valence-electron chi connectivity index (χ1n) is 7.35. The van der Waals surface area contributed by atoms with Gasteiger partial charge in [0.05, 0.1) is 6.10 Å². The van der Waals surface area contributed by atoms with Crippen LogP contribution in [0.3, 0.4) is 0 Å². The van der Waals surface area contributed by atoms with Crippen molar-refractivity contribution in [2.75, 3.05) is 30.3 Å². The monoisotopic (exact) mass is 311 g/mol. The van der Waals surface area contributed by atoms with Gasteiger partial charge in [0.1, 0.15) is 0 Å². The molecule has 0 amide bonds. The molecule has 2 unspecified atom stereocenters. The summed E-state index contributed by atoms with van der Waals surface area (Å²) in [6.45, 7) is 6.02. The first-order valence-corrected chi connectivity index (χ1v) is 9.55. The lowest BCUT2D eigenvalue weighted by Crippen LogP contribution is -2.31. The molecule has 112 valence electrons. The zero-order valence-corrected chi connectivity index (χ0v) is 14.0. The van der Waals surface area contributed by atoms with Crippen molar-refractivity contribution in [2.24, 2.45) is 0 Å². The van der Waals surface area contributed by atoms with Gasteiger partial charge in [0, 0.05) is 35.6 Å². The molecule has 0 aliphatic carbocycles. The van der Waals surface area contributed by atoms with Crippen molar-refractivity contribution in [3.05, 3.63) is 35.4 Å². The van der Waals surface area contributed by atoms with Crippen LogP contribution in [0.1, 0.15) is 37.0 Å². The van der Waals surface area contributed by atoms with E-state index >= 15 is 0 Å². The highest BCUT2D eigenvalue weighted by atomic mass is 32.2. The Hall–Kier alpha value is -0.160. The van der Waals surface area contributed by atoms with Gasteiger partial charge in [0.15, 0.2) is 0 Å². The molecule has 0 bridgehead atoms. The Balaban J connectivity index is 1.74. The van der Waals surface area contributed by atoms with E-state index in [0.717, 1.165) is 12.1 Å².